The first-order chi connectivity index (χ1) is 13.0. The molecule has 0 bridgehead atoms. The van der Waals surface area contributed by atoms with Crippen molar-refractivity contribution in [2.75, 3.05) is 19.0 Å². The zero-order valence-corrected chi connectivity index (χ0v) is 18.7. The molecule has 6 heteroatoms. The zero-order chi connectivity index (χ0) is 19.1. The van der Waals surface area contributed by atoms with Gasteiger partial charge in [-0.25, -0.2) is 0 Å². The number of thiazole rings is 1. The van der Waals surface area contributed by atoms with Gasteiger partial charge in [0.05, 0.1) is 0 Å². The minimum atomic E-state index is -0.0889. The first kappa shape index (κ1) is 20.4. The van der Waals surface area contributed by atoms with E-state index in [1.807, 2.05) is 50.0 Å². The molecule has 0 saturated carbocycles. The minimum Gasteiger partial charge on any atom is -1.00 e. The fourth-order valence-corrected chi connectivity index (χ4v) is 4.32. The van der Waals surface area contributed by atoms with Crippen LogP contribution in [0.4, 0.5) is 5.69 Å². The van der Waals surface area contributed by atoms with Crippen LogP contribution in [0.3, 0.4) is 0 Å². The highest BCUT2D eigenvalue weighted by Crippen LogP contribution is 2.30. The van der Waals surface area contributed by atoms with Crippen molar-refractivity contribution in [3.05, 3.63) is 80.8 Å². The monoisotopic (exact) mass is 502 g/mol. The molecule has 1 aromatic heterocycles. The number of carbonyl (C=O) groups excluding carboxylic acids is 2. The van der Waals surface area contributed by atoms with Crippen LogP contribution in [0.2, 0.25) is 0 Å². The smallest absolute Gasteiger partial charge is 0.276 e. The molecule has 0 amide bonds. The Morgan fingerprint density at radius 1 is 0.893 bits per heavy atom. The average Bonchev–Trinajstić information content (AvgIpc) is 3.01. The normalized spacial score (nSPS) is 12.5. The Morgan fingerprint density at radius 3 is 2.11 bits per heavy atom. The van der Waals surface area contributed by atoms with Crippen molar-refractivity contribution < 1.29 is 38.1 Å². The number of anilines is 1. The third kappa shape index (κ3) is 3.42. The molecule has 0 atom stereocenters. The maximum Gasteiger partial charge on any atom is 0.276 e. The molecule has 0 N–H and O–H groups in total. The van der Waals surface area contributed by atoms with Gasteiger partial charge in [0.25, 0.3) is 16.5 Å². The van der Waals surface area contributed by atoms with Crippen LogP contribution in [0, 0.1) is 0 Å². The van der Waals surface area contributed by atoms with Gasteiger partial charge in [-0.1, -0.05) is 47.7 Å². The highest BCUT2D eigenvalue weighted by molar-refractivity contribution is 7.14. The predicted octanol–water partition coefficient (Wildman–Crippen LogP) is 0.588. The lowest BCUT2D eigenvalue weighted by atomic mass is 9.91. The number of nitrogens with zero attached hydrogens (tertiary/aromatic N) is 2. The third-order valence-corrected chi connectivity index (χ3v) is 5.96. The van der Waals surface area contributed by atoms with Crippen molar-refractivity contribution in [1.29, 1.82) is 0 Å². The molecule has 142 valence electrons. The van der Waals surface area contributed by atoms with E-state index < -0.39 is 0 Å². The van der Waals surface area contributed by atoms with E-state index in [-0.39, 0.29) is 35.5 Å². The van der Waals surface area contributed by atoms with Crippen LogP contribution in [0.5, 0.6) is 0 Å². The summed E-state index contributed by atoms with van der Waals surface area (Å²) in [6.07, 6.45) is 3.96. The molecular weight excluding hydrogens is 483 g/mol. The Labute approximate surface area is 185 Å². The van der Waals surface area contributed by atoms with Crippen molar-refractivity contribution >= 4 is 40.7 Å². The molecule has 0 radical (unpaired) electrons. The number of carbonyl (C=O) groups is 2. The second-order valence-corrected chi connectivity index (χ2v) is 7.73. The molecule has 0 spiro atoms. The van der Waals surface area contributed by atoms with Crippen LogP contribution in [0.25, 0.3) is 12.2 Å². The molecule has 0 saturated heterocycles. The van der Waals surface area contributed by atoms with Crippen LogP contribution >= 0.6 is 11.3 Å². The van der Waals surface area contributed by atoms with Gasteiger partial charge in [-0.05, 0) is 23.8 Å². The van der Waals surface area contributed by atoms with Crippen LogP contribution in [-0.2, 0) is 7.05 Å². The van der Waals surface area contributed by atoms with E-state index >= 15 is 0 Å². The molecule has 0 fully saturated rings. The molecule has 4 rings (SSSR count). The van der Waals surface area contributed by atoms with Gasteiger partial charge in [0, 0.05) is 37.0 Å². The SMILES string of the molecule is CN(C)c1ccc(/C=C/c2sc3c([n+]2C)C(=O)c2ccccc2C3=O)cc1.[I-]. The maximum atomic E-state index is 12.9. The third-order valence-electron chi connectivity index (χ3n) is 4.75. The lowest BCUT2D eigenvalue weighted by Crippen LogP contribution is -3.00. The average molecular weight is 502 g/mol. The van der Waals surface area contributed by atoms with Gasteiger partial charge in [-0.2, -0.15) is 4.57 Å². The molecule has 2 aromatic carbocycles. The summed E-state index contributed by atoms with van der Waals surface area (Å²) in [5, 5.41) is 0.867. The van der Waals surface area contributed by atoms with Crippen molar-refractivity contribution in [3.8, 4) is 0 Å². The summed E-state index contributed by atoms with van der Waals surface area (Å²) in [6.45, 7) is 0. The summed E-state index contributed by atoms with van der Waals surface area (Å²) in [5.41, 5.74) is 3.65. The highest BCUT2D eigenvalue weighted by Gasteiger charge is 2.39. The lowest BCUT2D eigenvalue weighted by Gasteiger charge is -2.11. The fraction of sp³-hybridized carbons (Fsp3) is 0.136. The predicted molar refractivity (Wildman–Crippen MR) is 108 cm³/mol. The largest absolute Gasteiger partial charge is 1.00 e. The molecule has 1 aliphatic rings. The van der Waals surface area contributed by atoms with E-state index in [4.69, 9.17) is 0 Å². The number of hydrogen-bond donors (Lipinski definition) is 0. The van der Waals surface area contributed by atoms with Crippen molar-refractivity contribution in [2.45, 2.75) is 0 Å². The van der Waals surface area contributed by atoms with Crippen LogP contribution in [0.15, 0.2) is 48.5 Å². The van der Waals surface area contributed by atoms with E-state index in [0.717, 1.165) is 16.3 Å². The Hall–Kier alpha value is -2.32. The number of fused-ring (bicyclic) bond motifs is 2. The van der Waals surface area contributed by atoms with E-state index in [1.165, 1.54) is 11.3 Å². The lowest BCUT2D eigenvalue weighted by molar-refractivity contribution is -0.670. The summed E-state index contributed by atoms with van der Waals surface area (Å²) in [6, 6.07) is 15.2. The fourth-order valence-electron chi connectivity index (χ4n) is 3.22. The number of hydrogen-bond acceptors (Lipinski definition) is 4. The summed E-state index contributed by atoms with van der Waals surface area (Å²) in [7, 11) is 5.85. The number of aromatic nitrogens is 1. The summed E-state index contributed by atoms with van der Waals surface area (Å²) in [4.78, 5) is 28.2. The molecule has 4 nitrogen and oxygen atoms in total. The van der Waals surface area contributed by atoms with E-state index in [2.05, 4.69) is 17.0 Å². The van der Waals surface area contributed by atoms with E-state index in [1.54, 1.807) is 24.3 Å². The van der Waals surface area contributed by atoms with Crippen molar-refractivity contribution in [1.82, 2.24) is 0 Å². The van der Waals surface area contributed by atoms with E-state index in [0.29, 0.717) is 21.7 Å². The van der Waals surface area contributed by atoms with Gasteiger partial charge in [0.15, 0.2) is 4.88 Å². The number of ketones is 2. The Bertz CT molecular complexity index is 1100. The number of benzene rings is 2. The van der Waals surface area contributed by atoms with Crippen molar-refractivity contribution in [3.63, 3.8) is 0 Å². The van der Waals surface area contributed by atoms with Gasteiger partial charge in [0.2, 0.25) is 5.78 Å². The van der Waals surface area contributed by atoms with Crippen molar-refractivity contribution in [2.24, 2.45) is 7.05 Å². The highest BCUT2D eigenvalue weighted by atomic mass is 127. The molecule has 0 unspecified atom stereocenters. The summed E-state index contributed by atoms with van der Waals surface area (Å²) < 4.78 is 1.82. The molecule has 28 heavy (non-hydrogen) atoms. The van der Waals surface area contributed by atoms with Crippen LogP contribution in [0.1, 0.15) is 41.9 Å². The molecule has 1 heterocycles. The second kappa shape index (κ2) is 7.97. The zero-order valence-electron chi connectivity index (χ0n) is 15.8. The molecule has 0 aliphatic heterocycles. The maximum absolute atomic E-state index is 12.9. The molecular formula is C22H19IN2O2S. The summed E-state index contributed by atoms with van der Waals surface area (Å²) in [5.74, 6) is -0.162. The number of rotatable bonds is 3. The first-order valence-electron chi connectivity index (χ1n) is 8.64. The van der Waals surface area contributed by atoms with Gasteiger partial charge >= 0.3 is 0 Å². The second-order valence-electron chi connectivity index (χ2n) is 6.70. The topological polar surface area (TPSA) is 41.3 Å². The standard InChI is InChI=1S/C22H19N2O2S.HI/c1-23(2)15-11-8-14(9-12-15)10-13-18-24(3)19-20(25)16-6-4-5-7-17(16)21(26)22(19)27-18;/h4-13H,1-3H3;1H/q+1;/p-1. The van der Waals surface area contributed by atoms with Gasteiger partial charge in [-0.3, -0.25) is 9.59 Å². The number of halogens is 1. The van der Waals surface area contributed by atoms with Gasteiger partial charge in [-0.15, -0.1) is 0 Å². The quantitative estimate of drug-likeness (QED) is 0.304. The molecule has 3 aromatic rings. The Morgan fingerprint density at radius 2 is 1.50 bits per heavy atom. The first-order valence-corrected chi connectivity index (χ1v) is 9.45. The van der Waals surface area contributed by atoms with Crippen LogP contribution in [-0.4, -0.2) is 25.7 Å². The van der Waals surface area contributed by atoms with Gasteiger partial charge in [0.1, 0.15) is 7.05 Å². The van der Waals surface area contributed by atoms with Crippen LogP contribution < -0.4 is 33.4 Å². The molecule has 1 aliphatic carbocycles. The summed E-state index contributed by atoms with van der Waals surface area (Å²) >= 11 is 1.36. The minimum absolute atomic E-state index is 0. The van der Waals surface area contributed by atoms with E-state index in [9.17, 15) is 9.59 Å². The Kier molecular flexibility index (Phi) is 5.81. The Balaban J connectivity index is 0.00000225. The van der Waals surface area contributed by atoms with Gasteiger partial charge < -0.3 is 28.9 Å².